The summed E-state index contributed by atoms with van der Waals surface area (Å²) >= 11 is 5.54. The predicted octanol–water partition coefficient (Wildman–Crippen LogP) is 3.00. The minimum Gasteiger partial charge on any atom is -0.465 e. The molecule has 0 N–H and O–H groups in total. The van der Waals surface area contributed by atoms with E-state index in [-0.39, 0.29) is 5.97 Å². The van der Waals surface area contributed by atoms with Crippen molar-refractivity contribution in [2.45, 2.75) is 39.0 Å². The van der Waals surface area contributed by atoms with Crippen LogP contribution in [0.2, 0.25) is 0 Å². The van der Waals surface area contributed by atoms with Crippen LogP contribution in [0.4, 0.5) is 0 Å². The van der Waals surface area contributed by atoms with Crippen LogP contribution in [0, 0.1) is 5.92 Å². The van der Waals surface area contributed by atoms with E-state index in [1.165, 1.54) is 0 Å². The summed E-state index contributed by atoms with van der Waals surface area (Å²) in [5.74, 6) is 0.939. The molecule has 0 heterocycles. The van der Waals surface area contributed by atoms with Gasteiger partial charge < -0.3 is 9.47 Å². The Hall–Kier alpha value is -0.280. The molecule has 0 amide bonds. The minimum atomic E-state index is -0.0983. The second kappa shape index (κ2) is 11.2. The van der Waals surface area contributed by atoms with Crippen LogP contribution in [0.25, 0.3) is 0 Å². The first-order valence-electron chi connectivity index (χ1n) is 5.91. The van der Waals surface area contributed by atoms with Crippen molar-refractivity contribution in [3.8, 4) is 0 Å². The zero-order chi connectivity index (χ0) is 12.2. The van der Waals surface area contributed by atoms with E-state index in [0.29, 0.717) is 31.4 Å². The van der Waals surface area contributed by atoms with Gasteiger partial charge in [0.25, 0.3) is 0 Å². The maximum absolute atomic E-state index is 11.3. The second-order valence-electron chi connectivity index (χ2n) is 4.07. The number of alkyl halides is 1. The Kier molecular flexibility index (Phi) is 11.0. The number of ether oxygens (including phenoxy) is 2. The summed E-state index contributed by atoms with van der Waals surface area (Å²) in [5.41, 5.74) is 0. The Balaban J connectivity index is 3.35. The highest BCUT2D eigenvalue weighted by Crippen LogP contribution is 2.06. The van der Waals surface area contributed by atoms with Crippen LogP contribution >= 0.6 is 11.6 Å². The van der Waals surface area contributed by atoms with Crippen molar-refractivity contribution >= 4 is 17.6 Å². The summed E-state index contributed by atoms with van der Waals surface area (Å²) < 4.78 is 10.1. The fourth-order valence-corrected chi connectivity index (χ4v) is 1.44. The van der Waals surface area contributed by atoms with Crippen LogP contribution in [0.1, 0.15) is 39.0 Å². The molecule has 0 aliphatic rings. The van der Waals surface area contributed by atoms with Crippen LogP contribution in [0.3, 0.4) is 0 Å². The molecule has 0 aliphatic heterocycles. The van der Waals surface area contributed by atoms with E-state index in [1.807, 2.05) is 0 Å². The number of rotatable bonds is 10. The van der Waals surface area contributed by atoms with Gasteiger partial charge >= 0.3 is 5.97 Å². The van der Waals surface area contributed by atoms with E-state index in [0.717, 1.165) is 25.7 Å². The summed E-state index contributed by atoms with van der Waals surface area (Å²) in [6.45, 7) is 3.27. The van der Waals surface area contributed by atoms with Gasteiger partial charge in [-0.3, -0.25) is 4.79 Å². The summed E-state index contributed by atoms with van der Waals surface area (Å²) in [7, 11) is 1.68. The SMILES string of the molecule is COCCC(C)COC(=O)CCCCCCl. The lowest BCUT2D eigenvalue weighted by Crippen LogP contribution is -2.13. The Morgan fingerprint density at radius 1 is 1.31 bits per heavy atom. The molecule has 0 fully saturated rings. The molecule has 0 saturated carbocycles. The molecule has 0 bridgehead atoms. The van der Waals surface area contributed by atoms with Crippen LogP contribution in [0.15, 0.2) is 0 Å². The first-order chi connectivity index (χ1) is 7.70. The molecular formula is C12H23ClO3. The quantitative estimate of drug-likeness (QED) is 0.340. The van der Waals surface area contributed by atoms with E-state index in [4.69, 9.17) is 21.1 Å². The largest absolute Gasteiger partial charge is 0.465 e. The molecule has 3 nitrogen and oxygen atoms in total. The topological polar surface area (TPSA) is 35.5 Å². The number of carbonyl (C=O) groups is 1. The molecule has 1 atom stereocenters. The van der Waals surface area contributed by atoms with Crippen molar-refractivity contribution < 1.29 is 14.3 Å². The minimum absolute atomic E-state index is 0.0983. The molecule has 0 radical (unpaired) electrons. The van der Waals surface area contributed by atoms with Crippen LogP contribution in [-0.4, -0.2) is 32.2 Å². The van der Waals surface area contributed by atoms with E-state index in [1.54, 1.807) is 7.11 Å². The Labute approximate surface area is 103 Å². The third-order valence-corrected chi connectivity index (χ3v) is 2.63. The molecule has 96 valence electrons. The zero-order valence-electron chi connectivity index (χ0n) is 10.3. The lowest BCUT2D eigenvalue weighted by molar-refractivity contribution is -0.145. The van der Waals surface area contributed by atoms with Gasteiger partial charge in [-0.15, -0.1) is 11.6 Å². The van der Waals surface area contributed by atoms with Gasteiger partial charge in [0.15, 0.2) is 0 Å². The van der Waals surface area contributed by atoms with Gasteiger partial charge in [-0.25, -0.2) is 0 Å². The molecule has 0 saturated heterocycles. The smallest absolute Gasteiger partial charge is 0.305 e. The Morgan fingerprint density at radius 3 is 2.69 bits per heavy atom. The maximum atomic E-state index is 11.3. The number of esters is 1. The van der Waals surface area contributed by atoms with Crippen molar-refractivity contribution in [1.29, 1.82) is 0 Å². The molecular weight excluding hydrogens is 228 g/mol. The summed E-state index contributed by atoms with van der Waals surface area (Å²) in [6.07, 6.45) is 4.28. The van der Waals surface area contributed by atoms with Gasteiger partial charge in [-0.1, -0.05) is 13.3 Å². The molecule has 0 aliphatic carbocycles. The average molecular weight is 251 g/mol. The van der Waals surface area contributed by atoms with E-state index in [9.17, 15) is 4.79 Å². The molecule has 0 rings (SSSR count). The van der Waals surface area contributed by atoms with Crippen molar-refractivity contribution in [3.05, 3.63) is 0 Å². The highest BCUT2D eigenvalue weighted by atomic mass is 35.5. The Morgan fingerprint density at radius 2 is 2.06 bits per heavy atom. The van der Waals surface area contributed by atoms with Gasteiger partial charge in [0.05, 0.1) is 6.61 Å². The molecule has 0 aromatic carbocycles. The summed E-state index contributed by atoms with van der Waals surface area (Å²) in [4.78, 5) is 11.3. The van der Waals surface area contributed by atoms with Crippen molar-refractivity contribution in [1.82, 2.24) is 0 Å². The highest BCUT2D eigenvalue weighted by molar-refractivity contribution is 6.17. The third kappa shape index (κ3) is 10.2. The number of methoxy groups -OCH3 is 1. The molecule has 4 heteroatoms. The van der Waals surface area contributed by atoms with Crippen LogP contribution in [0.5, 0.6) is 0 Å². The van der Waals surface area contributed by atoms with E-state index < -0.39 is 0 Å². The lowest BCUT2D eigenvalue weighted by atomic mass is 10.1. The van der Waals surface area contributed by atoms with Crippen molar-refractivity contribution in [2.24, 2.45) is 5.92 Å². The molecule has 1 unspecified atom stereocenters. The standard InChI is InChI=1S/C12H23ClO3/c1-11(7-9-15-2)10-16-12(14)6-4-3-5-8-13/h11H,3-10H2,1-2H3. The first-order valence-corrected chi connectivity index (χ1v) is 6.44. The average Bonchev–Trinajstić information content (AvgIpc) is 2.29. The normalized spacial score (nSPS) is 12.4. The van der Waals surface area contributed by atoms with Crippen LogP contribution in [-0.2, 0) is 14.3 Å². The molecule has 16 heavy (non-hydrogen) atoms. The molecule has 0 aromatic rings. The monoisotopic (exact) mass is 250 g/mol. The number of hydrogen-bond donors (Lipinski definition) is 0. The summed E-state index contributed by atoms with van der Waals surface area (Å²) in [5, 5.41) is 0. The zero-order valence-corrected chi connectivity index (χ0v) is 11.1. The Bertz CT molecular complexity index is 174. The summed E-state index contributed by atoms with van der Waals surface area (Å²) in [6, 6.07) is 0. The number of halogens is 1. The molecule has 0 aromatic heterocycles. The highest BCUT2D eigenvalue weighted by Gasteiger charge is 2.06. The number of carbonyl (C=O) groups excluding carboxylic acids is 1. The van der Waals surface area contributed by atoms with Gasteiger partial charge in [0, 0.05) is 26.0 Å². The molecule has 0 spiro atoms. The van der Waals surface area contributed by atoms with Gasteiger partial charge in [-0.2, -0.15) is 0 Å². The maximum Gasteiger partial charge on any atom is 0.305 e. The van der Waals surface area contributed by atoms with E-state index in [2.05, 4.69) is 6.92 Å². The lowest BCUT2D eigenvalue weighted by Gasteiger charge is -2.11. The predicted molar refractivity (Wildman–Crippen MR) is 65.8 cm³/mol. The third-order valence-electron chi connectivity index (χ3n) is 2.36. The van der Waals surface area contributed by atoms with E-state index >= 15 is 0 Å². The fraction of sp³-hybridized carbons (Fsp3) is 0.917. The van der Waals surface area contributed by atoms with Crippen molar-refractivity contribution in [2.75, 3.05) is 26.2 Å². The number of hydrogen-bond acceptors (Lipinski definition) is 3. The number of unbranched alkanes of at least 4 members (excludes halogenated alkanes) is 2. The fourth-order valence-electron chi connectivity index (χ4n) is 1.25. The second-order valence-corrected chi connectivity index (χ2v) is 4.45. The first kappa shape index (κ1) is 15.7. The van der Waals surface area contributed by atoms with Crippen molar-refractivity contribution in [3.63, 3.8) is 0 Å². The van der Waals surface area contributed by atoms with Gasteiger partial charge in [0.1, 0.15) is 0 Å². The van der Waals surface area contributed by atoms with Gasteiger partial charge in [-0.05, 0) is 25.2 Å². The van der Waals surface area contributed by atoms with Gasteiger partial charge in [0.2, 0.25) is 0 Å². The van der Waals surface area contributed by atoms with Crippen LogP contribution < -0.4 is 0 Å².